The molecule has 1 amide bonds. The lowest BCUT2D eigenvalue weighted by Gasteiger charge is -2.08. The van der Waals surface area contributed by atoms with Crippen molar-refractivity contribution >= 4 is 17.2 Å². The summed E-state index contributed by atoms with van der Waals surface area (Å²) in [6.45, 7) is 6.20. The van der Waals surface area contributed by atoms with Crippen LogP contribution in [0.1, 0.15) is 45.2 Å². The zero-order chi connectivity index (χ0) is 13.1. The molecule has 96 valence electrons. The molecule has 2 aromatic heterocycles. The number of aromatic nitrogens is 3. The van der Waals surface area contributed by atoms with Crippen LogP contribution in [0, 0.1) is 0 Å². The number of rotatable bonds is 4. The van der Waals surface area contributed by atoms with Gasteiger partial charge in [-0.3, -0.25) is 4.79 Å². The number of fused-ring (bicyclic) bond motifs is 1. The number of nitrogens with zero attached hydrogens (tertiary/aromatic N) is 3. The van der Waals surface area contributed by atoms with E-state index in [4.69, 9.17) is 0 Å². The molecule has 0 saturated heterocycles. The first-order chi connectivity index (χ1) is 8.63. The Labute approximate surface area is 106 Å². The van der Waals surface area contributed by atoms with Crippen LogP contribution in [0.25, 0.3) is 5.52 Å². The van der Waals surface area contributed by atoms with Gasteiger partial charge in [-0.15, -0.1) is 0 Å². The summed E-state index contributed by atoms with van der Waals surface area (Å²) in [6, 6.07) is 3.96. The minimum absolute atomic E-state index is 0.00889. The van der Waals surface area contributed by atoms with Crippen molar-refractivity contribution in [3.05, 3.63) is 24.2 Å². The lowest BCUT2D eigenvalue weighted by Crippen LogP contribution is -2.13. The molecule has 0 spiro atoms. The monoisotopic (exact) mass is 246 g/mol. The molecule has 2 aromatic rings. The second kappa shape index (κ2) is 5.16. The maximum atomic E-state index is 11.6. The van der Waals surface area contributed by atoms with Gasteiger partial charge in [0.05, 0.1) is 0 Å². The minimum Gasteiger partial charge on any atom is -0.309 e. The fourth-order valence-corrected chi connectivity index (χ4v) is 1.91. The van der Waals surface area contributed by atoms with Gasteiger partial charge in [-0.1, -0.05) is 20.8 Å². The SMILES string of the molecule is CCCC(=O)Nc1ncnn2c(C(C)C)ccc12. The van der Waals surface area contributed by atoms with Crippen molar-refractivity contribution in [1.29, 1.82) is 0 Å². The van der Waals surface area contributed by atoms with Gasteiger partial charge in [-0.05, 0) is 24.5 Å². The third kappa shape index (κ3) is 2.34. The first-order valence-electron chi connectivity index (χ1n) is 6.26. The number of nitrogens with one attached hydrogen (secondary N) is 1. The Morgan fingerprint density at radius 3 is 2.89 bits per heavy atom. The quantitative estimate of drug-likeness (QED) is 0.902. The minimum atomic E-state index is -0.00889. The van der Waals surface area contributed by atoms with Gasteiger partial charge in [-0.2, -0.15) is 5.10 Å². The molecule has 0 fully saturated rings. The molecule has 0 radical (unpaired) electrons. The van der Waals surface area contributed by atoms with Crippen molar-refractivity contribution in [2.45, 2.75) is 39.5 Å². The number of carbonyl (C=O) groups excluding carboxylic acids is 1. The molecule has 0 atom stereocenters. The highest BCUT2D eigenvalue weighted by Crippen LogP contribution is 2.21. The molecule has 2 heterocycles. The van der Waals surface area contributed by atoms with E-state index in [2.05, 4.69) is 29.2 Å². The largest absolute Gasteiger partial charge is 0.309 e. The van der Waals surface area contributed by atoms with Gasteiger partial charge in [0.15, 0.2) is 5.82 Å². The zero-order valence-corrected chi connectivity index (χ0v) is 11.0. The molecule has 5 heteroatoms. The molecule has 0 bridgehead atoms. The highest BCUT2D eigenvalue weighted by Gasteiger charge is 2.12. The number of carbonyl (C=O) groups is 1. The number of amides is 1. The predicted molar refractivity (Wildman–Crippen MR) is 70.6 cm³/mol. The van der Waals surface area contributed by atoms with Gasteiger partial charge in [0.2, 0.25) is 5.91 Å². The smallest absolute Gasteiger partial charge is 0.225 e. The van der Waals surface area contributed by atoms with Crippen molar-refractivity contribution in [3.63, 3.8) is 0 Å². The summed E-state index contributed by atoms with van der Waals surface area (Å²) in [6.07, 6.45) is 2.81. The fraction of sp³-hybridized carbons (Fsp3) is 0.462. The molecule has 0 aliphatic rings. The molecule has 0 aliphatic heterocycles. The normalized spacial score (nSPS) is 11.1. The summed E-state index contributed by atoms with van der Waals surface area (Å²) in [5, 5.41) is 7.06. The summed E-state index contributed by atoms with van der Waals surface area (Å²) in [5.41, 5.74) is 1.95. The number of hydrogen-bond acceptors (Lipinski definition) is 3. The lowest BCUT2D eigenvalue weighted by molar-refractivity contribution is -0.116. The van der Waals surface area contributed by atoms with Crippen LogP contribution in [-0.4, -0.2) is 20.5 Å². The molecule has 1 N–H and O–H groups in total. The maximum absolute atomic E-state index is 11.6. The van der Waals surface area contributed by atoms with E-state index in [1.54, 1.807) is 0 Å². The molecule has 0 saturated carbocycles. The van der Waals surface area contributed by atoms with E-state index in [0.29, 0.717) is 18.2 Å². The zero-order valence-electron chi connectivity index (χ0n) is 11.0. The summed E-state index contributed by atoms with van der Waals surface area (Å²) in [5.74, 6) is 0.947. The summed E-state index contributed by atoms with van der Waals surface area (Å²) in [4.78, 5) is 15.8. The van der Waals surface area contributed by atoms with Gasteiger partial charge in [-0.25, -0.2) is 9.50 Å². The number of hydrogen-bond donors (Lipinski definition) is 1. The molecule has 18 heavy (non-hydrogen) atoms. The van der Waals surface area contributed by atoms with E-state index in [0.717, 1.165) is 17.6 Å². The van der Waals surface area contributed by atoms with E-state index >= 15 is 0 Å². The van der Waals surface area contributed by atoms with Crippen LogP contribution >= 0.6 is 0 Å². The van der Waals surface area contributed by atoms with Crippen LogP contribution < -0.4 is 5.32 Å². The Kier molecular flexibility index (Phi) is 3.60. The second-order valence-electron chi connectivity index (χ2n) is 4.62. The molecule has 0 aromatic carbocycles. The Hall–Kier alpha value is -1.91. The van der Waals surface area contributed by atoms with Crippen molar-refractivity contribution < 1.29 is 4.79 Å². The molecule has 0 unspecified atom stereocenters. The molecule has 0 aliphatic carbocycles. The Morgan fingerprint density at radius 2 is 2.22 bits per heavy atom. The van der Waals surface area contributed by atoms with Crippen LogP contribution in [0.15, 0.2) is 18.5 Å². The first kappa shape index (κ1) is 12.5. The number of anilines is 1. The van der Waals surface area contributed by atoms with E-state index < -0.39 is 0 Å². The third-order valence-corrected chi connectivity index (χ3v) is 2.81. The molecule has 2 rings (SSSR count). The Morgan fingerprint density at radius 1 is 1.44 bits per heavy atom. The third-order valence-electron chi connectivity index (χ3n) is 2.81. The second-order valence-corrected chi connectivity index (χ2v) is 4.62. The highest BCUT2D eigenvalue weighted by molar-refractivity contribution is 5.93. The van der Waals surface area contributed by atoms with Gasteiger partial charge in [0.25, 0.3) is 0 Å². The topological polar surface area (TPSA) is 59.3 Å². The molecular weight excluding hydrogens is 228 g/mol. The Bertz CT molecular complexity index is 559. The lowest BCUT2D eigenvalue weighted by atomic mass is 10.1. The van der Waals surface area contributed by atoms with Crippen molar-refractivity contribution in [3.8, 4) is 0 Å². The van der Waals surface area contributed by atoms with Gasteiger partial charge >= 0.3 is 0 Å². The Balaban J connectivity index is 2.37. The standard InChI is InChI=1S/C13H18N4O/c1-4-5-12(18)16-13-11-7-6-10(9(2)3)17(11)15-8-14-13/h6-9H,4-5H2,1-3H3,(H,14,15,16,18). The van der Waals surface area contributed by atoms with Crippen molar-refractivity contribution in [2.24, 2.45) is 0 Å². The van der Waals surface area contributed by atoms with Gasteiger partial charge in [0.1, 0.15) is 11.8 Å². The predicted octanol–water partition coefficient (Wildman–Crippen LogP) is 2.59. The average molecular weight is 246 g/mol. The van der Waals surface area contributed by atoms with Crippen molar-refractivity contribution in [1.82, 2.24) is 14.6 Å². The summed E-state index contributed by atoms with van der Waals surface area (Å²) >= 11 is 0. The van der Waals surface area contributed by atoms with Crippen LogP contribution in [0.3, 0.4) is 0 Å². The first-order valence-corrected chi connectivity index (χ1v) is 6.26. The van der Waals surface area contributed by atoms with E-state index in [-0.39, 0.29) is 5.91 Å². The highest BCUT2D eigenvalue weighted by atomic mass is 16.1. The van der Waals surface area contributed by atoms with E-state index in [1.165, 1.54) is 6.33 Å². The molecular formula is C13H18N4O. The van der Waals surface area contributed by atoms with Crippen molar-refractivity contribution in [2.75, 3.05) is 5.32 Å². The van der Waals surface area contributed by atoms with Crippen LogP contribution in [0.4, 0.5) is 5.82 Å². The van der Waals surface area contributed by atoms with E-state index in [1.807, 2.05) is 23.6 Å². The fourth-order valence-electron chi connectivity index (χ4n) is 1.91. The van der Waals surface area contributed by atoms with E-state index in [9.17, 15) is 4.79 Å². The van der Waals surface area contributed by atoms with Crippen LogP contribution in [0.2, 0.25) is 0 Å². The maximum Gasteiger partial charge on any atom is 0.225 e. The summed E-state index contributed by atoms with van der Waals surface area (Å²) < 4.78 is 1.83. The van der Waals surface area contributed by atoms with Crippen LogP contribution in [0.5, 0.6) is 0 Å². The summed E-state index contributed by atoms with van der Waals surface area (Å²) in [7, 11) is 0. The molecule has 5 nitrogen and oxygen atoms in total. The average Bonchev–Trinajstić information content (AvgIpc) is 2.74. The van der Waals surface area contributed by atoms with Gasteiger partial charge in [0, 0.05) is 12.1 Å². The van der Waals surface area contributed by atoms with Gasteiger partial charge < -0.3 is 5.32 Å². The van der Waals surface area contributed by atoms with Crippen LogP contribution in [-0.2, 0) is 4.79 Å².